The number of rotatable bonds is 7. The van der Waals surface area contributed by atoms with E-state index in [0.717, 1.165) is 17.8 Å². The summed E-state index contributed by atoms with van der Waals surface area (Å²) in [6, 6.07) is -0.586. The average molecular weight is 353 g/mol. The number of anilines is 1. The molecule has 1 heterocycles. The zero-order valence-electron chi connectivity index (χ0n) is 14.6. The van der Waals surface area contributed by atoms with Crippen LogP contribution in [-0.2, 0) is 4.74 Å². The van der Waals surface area contributed by atoms with Crippen molar-refractivity contribution in [2.45, 2.75) is 41.0 Å². The molecule has 0 fully saturated rings. The van der Waals surface area contributed by atoms with Gasteiger partial charge in [-0.25, -0.2) is 15.0 Å². The van der Waals surface area contributed by atoms with Gasteiger partial charge in [0.1, 0.15) is 5.00 Å². The van der Waals surface area contributed by atoms with Gasteiger partial charge < -0.3 is 4.74 Å². The molecule has 24 heavy (non-hydrogen) atoms. The second-order valence-electron chi connectivity index (χ2n) is 5.54. The standard InChI is InChI=1S/C16H23N3O4S/c1-6-23-15(21)12-10(4)13(11(5)20)24-14(12)18-16(22)19-17-8-7-9(2)3/h8-9H,6-7H2,1-5H3,(H2,18,19,22). The van der Waals surface area contributed by atoms with Crippen LogP contribution in [0.1, 0.15) is 59.7 Å². The normalized spacial score (nSPS) is 10.9. The molecule has 1 rings (SSSR count). The highest BCUT2D eigenvalue weighted by Gasteiger charge is 2.25. The van der Waals surface area contributed by atoms with Crippen molar-refractivity contribution in [1.29, 1.82) is 0 Å². The van der Waals surface area contributed by atoms with E-state index in [1.807, 2.05) is 13.8 Å². The van der Waals surface area contributed by atoms with Crippen molar-refractivity contribution in [3.05, 3.63) is 16.0 Å². The highest BCUT2D eigenvalue weighted by molar-refractivity contribution is 7.18. The van der Waals surface area contributed by atoms with Gasteiger partial charge in [0, 0.05) is 6.21 Å². The summed E-state index contributed by atoms with van der Waals surface area (Å²) in [6.45, 7) is 9.03. The number of nitrogens with zero attached hydrogens (tertiary/aromatic N) is 1. The van der Waals surface area contributed by atoms with Crippen LogP contribution in [0.15, 0.2) is 5.10 Å². The van der Waals surface area contributed by atoms with Crippen LogP contribution < -0.4 is 10.7 Å². The van der Waals surface area contributed by atoms with Gasteiger partial charge in [-0.1, -0.05) is 13.8 Å². The summed E-state index contributed by atoms with van der Waals surface area (Å²) in [4.78, 5) is 36.1. The molecule has 2 N–H and O–H groups in total. The molecule has 8 heteroatoms. The number of hydrogen-bond acceptors (Lipinski definition) is 6. The van der Waals surface area contributed by atoms with Crippen LogP contribution >= 0.6 is 11.3 Å². The van der Waals surface area contributed by atoms with Gasteiger partial charge in [0.2, 0.25) is 0 Å². The largest absolute Gasteiger partial charge is 0.462 e. The summed E-state index contributed by atoms with van der Waals surface area (Å²) in [7, 11) is 0. The van der Waals surface area contributed by atoms with Gasteiger partial charge in [0.25, 0.3) is 0 Å². The lowest BCUT2D eigenvalue weighted by atomic mass is 10.1. The van der Waals surface area contributed by atoms with Gasteiger partial charge in [0.05, 0.1) is 17.0 Å². The molecule has 0 aromatic carbocycles. The van der Waals surface area contributed by atoms with Crippen LogP contribution in [-0.4, -0.2) is 30.6 Å². The maximum absolute atomic E-state index is 12.1. The molecule has 0 radical (unpaired) electrons. The number of carbonyl (C=O) groups is 3. The van der Waals surface area contributed by atoms with E-state index in [4.69, 9.17) is 4.74 Å². The molecule has 1 aromatic rings. The first-order valence-corrected chi connectivity index (χ1v) is 8.49. The number of urea groups is 1. The van der Waals surface area contributed by atoms with E-state index < -0.39 is 12.0 Å². The number of esters is 1. The number of thiophene rings is 1. The molecular formula is C16H23N3O4S. The minimum absolute atomic E-state index is 0.175. The van der Waals surface area contributed by atoms with Crippen molar-refractivity contribution in [1.82, 2.24) is 5.43 Å². The van der Waals surface area contributed by atoms with Crippen molar-refractivity contribution < 1.29 is 19.1 Å². The molecule has 0 spiro atoms. The van der Waals surface area contributed by atoms with Crippen molar-refractivity contribution in [2.24, 2.45) is 11.0 Å². The predicted molar refractivity (Wildman–Crippen MR) is 95.1 cm³/mol. The van der Waals surface area contributed by atoms with Crippen LogP contribution in [0.4, 0.5) is 9.80 Å². The lowest BCUT2D eigenvalue weighted by molar-refractivity contribution is 0.0527. The lowest BCUT2D eigenvalue weighted by Gasteiger charge is -2.06. The topological polar surface area (TPSA) is 96.9 Å². The average Bonchev–Trinajstić information content (AvgIpc) is 2.80. The number of Topliss-reactive ketones (excluding diaryl/α,β-unsaturated/α-hetero) is 1. The van der Waals surface area contributed by atoms with Crippen LogP contribution in [0.5, 0.6) is 0 Å². The van der Waals surface area contributed by atoms with Crippen molar-refractivity contribution >= 4 is 40.3 Å². The van der Waals surface area contributed by atoms with Crippen molar-refractivity contribution in [3.63, 3.8) is 0 Å². The Bertz CT molecular complexity index is 650. The molecule has 1 aromatic heterocycles. The van der Waals surface area contributed by atoms with E-state index in [1.165, 1.54) is 6.92 Å². The Balaban J connectivity index is 2.95. The first-order valence-electron chi connectivity index (χ1n) is 7.67. The molecule has 0 atom stereocenters. The van der Waals surface area contributed by atoms with E-state index in [0.29, 0.717) is 16.4 Å². The van der Waals surface area contributed by atoms with Crippen molar-refractivity contribution in [2.75, 3.05) is 11.9 Å². The fraction of sp³-hybridized carbons (Fsp3) is 0.500. The van der Waals surface area contributed by atoms with Crippen LogP contribution in [0.2, 0.25) is 0 Å². The fourth-order valence-corrected chi connectivity index (χ4v) is 2.97. The Hall–Kier alpha value is -2.22. The van der Waals surface area contributed by atoms with E-state index in [1.54, 1.807) is 20.1 Å². The number of hydrogen-bond donors (Lipinski definition) is 2. The van der Waals surface area contributed by atoms with Gasteiger partial charge in [0.15, 0.2) is 5.78 Å². The van der Waals surface area contributed by atoms with Gasteiger partial charge >= 0.3 is 12.0 Å². The van der Waals surface area contributed by atoms with Crippen LogP contribution in [0, 0.1) is 12.8 Å². The number of ketones is 1. The SMILES string of the molecule is CCOC(=O)c1c(NC(=O)NN=CCC(C)C)sc(C(C)=O)c1C. The molecule has 132 valence electrons. The molecular weight excluding hydrogens is 330 g/mol. The molecule has 0 aliphatic carbocycles. The van der Waals surface area contributed by atoms with Crippen LogP contribution in [0.25, 0.3) is 0 Å². The first-order chi connectivity index (χ1) is 11.3. The second kappa shape index (κ2) is 9.17. The molecule has 7 nitrogen and oxygen atoms in total. The number of amides is 2. The molecule has 2 amide bonds. The molecule has 0 aliphatic heterocycles. The summed E-state index contributed by atoms with van der Waals surface area (Å²) < 4.78 is 5.00. The third-order valence-electron chi connectivity index (χ3n) is 3.01. The van der Waals surface area contributed by atoms with E-state index in [2.05, 4.69) is 15.8 Å². The second-order valence-corrected chi connectivity index (χ2v) is 6.56. The minimum atomic E-state index is -0.586. The third-order valence-corrected chi connectivity index (χ3v) is 4.32. The number of nitrogens with one attached hydrogen (secondary N) is 2. The highest BCUT2D eigenvalue weighted by Crippen LogP contribution is 2.34. The quantitative estimate of drug-likeness (QED) is 0.339. The maximum Gasteiger partial charge on any atom is 0.341 e. The molecule has 0 saturated heterocycles. The summed E-state index contributed by atoms with van der Waals surface area (Å²) in [6.07, 6.45) is 2.35. The van der Waals surface area contributed by atoms with Gasteiger partial charge in [-0.05, 0) is 38.7 Å². The van der Waals surface area contributed by atoms with Gasteiger partial charge in [-0.3, -0.25) is 10.1 Å². The molecule has 0 unspecified atom stereocenters. The minimum Gasteiger partial charge on any atom is -0.462 e. The summed E-state index contributed by atoms with van der Waals surface area (Å²) in [5.74, 6) is -0.309. The number of carbonyl (C=O) groups excluding carboxylic acids is 3. The summed E-state index contributed by atoms with van der Waals surface area (Å²) in [5.41, 5.74) is 3.04. The maximum atomic E-state index is 12.1. The highest BCUT2D eigenvalue weighted by atomic mass is 32.1. The molecule has 0 saturated carbocycles. The molecule has 0 aliphatic rings. The van der Waals surface area contributed by atoms with Gasteiger partial charge in [-0.2, -0.15) is 5.10 Å². The Morgan fingerprint density at radius 2 is 2.00 bits per heavy atom. The van der Waals surface area contributed by atoms with E-state index in [9.17, 15) is 14.4 Å². The summed E-state index contributed by atoms with van der Waals surface area (Å²) >= 11 is 1.05. The molecule has 0 bridgehead atoms. The summed E-state index contributed by atoms with van der Waals surface area (Å²) in [5, 5.41) is 6.64. The van der Waals surface area contributed by atoms with E-state index >= 15 is 0 Å². The van der Waals surface area contributed by atoms with Crippen LogP contribution in [0.3, 0.4) is 0 Å². The van der Waals surface area contributed by atoms with E-state index in [-0.39, 0.29) is 23.0 Å². The number of ether oxygens (including phenoxy) is 1. The Kier molecular flexibility index (Phi) is 7.57. The smallest absolute Gasteiger partial charge is 0.341 e. The first kappa shape index (κ1) is 19.8. The lowest BCUT2D eigenvalue weighted by Crippen LogP contribution is -2.24. The number of hydrazone groups is 1. The monoisotopic (exact) mass is 353 g/mol. The Labute approximate surface area is 145 Å². The predicted octanol–water partition coefficient (Wildman–Crippen LogP) is 3.59. The van der Waals surface area contributed by atoms with Crippen molar-refractivity contribution in [3.8, 4) is 0 Å². The zero-order valence-corrected chi connectivity index (χ0v) is 15.4. The van der Waals surface area contributed by atoms with Gasteiger partial charge in [-0.15, -0.1) is 11.3 Å². The fourth-order valence-electron chi connectivity index (χ4n) is 1.89. The third kappa shape index (κ3) is 5.45. The zero-order chi connectivity index (χ0) is 18.3. The Morgan fingerprint density at radius 1 is 1.33 bits per heavy atom. The Morgan fingerprint density at radius 3 is 2.54 bits per heavy atom.